The number of hydrogen-bond acceptors (Lipinski definition) is 5. The van der Waals surface area contributed by atoms with Crippen molar-refractivity contribution in [2.75, 3.05) is 11.9 Å². The number of anilines is 1. The van der Waals surface area contributed by atoms with E-state index in [-0.39, 0.29) is 19.4 Å². The quantitative estimate of drug-likeness (QED) is 0.253. The first kappa shape index (κ1) is 31.6. The van der Waals surface area contributed by atoms with Gasteiger partial charge in [0.1, 0.15) is 17.7 Å². The summed E-state index contributed by atoms with van der Waals surface area (Å²) in [7, 11) is 0. The molecule has 42 heavy (non-hydrogen) atoms. The predicted octanol–water partition coefficient (Wildman–Crippen LogP) is 5.34. The van der Waals surface area contributed by atoms with Crippen molar-refractivity contribution in [2.45, 2.75) is 51.3 Å². The van der Waals surface area contributed by atoms with Crippen LogP contribution in [0.3, 0.4) is 0 Å². The van der Waals surface area contributed by atoms with Crippen LogP contribution in [0.15, 0.2) is 86.0 Å². The van der Waals surface area contributed by atoms with Gasteiger partial charge in [0.05, 0.1) is 0 Å². The Hall–Kier alpha value is -4.92. The van der Waals surface area contributed by atoms with E-state index in [1.165, 1.54) is 11.0 Å². The van der Waals surface area contributed by atoms with Crippen molar-refractivity contribution >= 4 is 46.4 Å². The molecule has 0 bridgehead atoms. The number of hydrogen-bond donors (Lipinski definition) is 3. The number of nitrogens with one attached hydrogen (secondary N) is 2. The second-order valence-electron chi connectivity index (χ2n) is 10.8. The van der Waals surface area contributed by atoms with Gasteiger partial charge in [-0.1, -0.05) is 67.3 Å². The van der Waals surface area contributed by atoms with E-state index in [1.54, 1.807) is 51.1 Å². The number of primary amides is 1. The van der Waals surface area contributed by atoms with Gasteiger partial charge in [-0.05, 0) is 67.3 Å². The summed E-state index contributed by atoms with van der Waals surface area (Å²) in [5.41, 5.74) is 6.36. The highest BCUT2D eigenvalue weighted by Gasteiger charge is 2.36. The van der Waals surface area contributed by atoms with Gasteiger partial charge in [-0.25, -0.2) is 4.79 Å². The average Bonchev–Trinajstić information content (AvgIpc) is 2.93. The van der Waals surface area contributed by atoms with Gasteiger partial charge >= 0.3 is 6.09 Å². The fraction of sp³-hybridized carbons (Fsp3) is 0.273. The fourth-order valence-corrected chi connectivity index (χ4v) is 4.46. The molecule has 3 rings (SSSR count). The summed E-state index contributed by atoms with van der Waals surface area (Å²) in [6, 6.07) is 18.1. The molecule has 4 N–H and O–H groups in total. The van der Waals surface area contributed by atoms with E-state index in [0.29, 0.717) is 11.3 Å². The van der Waals surface area contributed by atoms with Gasteiger partial charge in [-0.15, -0.1) is 6.58 Å². The van der Waals surface area contributed by atoms with Crippen LogP contribution in [0, 0.1) is 0 Å². The molecular formula is C33H38N4O5. The lowest BCUT2D eigenvalue weighted by atomic mass is 9.99. The van der Waals surface area contributed by atoms with Crippen molar-refractivity contribution in [3.05, 3.63) is 97.1 Å². The van der Waals surface area contributed by atoms with E-state index in [4.69, 9.17) is 10.5 Å². The first-order valence-corrected chi connectivity index (χ1v) is 13.6. The van der Waals surface area contributed by atoms with Gasteiger partial charge in [0.25, 0.3) is 5.91 Å². The molecule has 3 aromatic rings. The number of benzene rings is 3. The van der Waals surface area contributed by atoms with Crippen LogP contribution >= 0.6 is 0 Å². The Morgan fingerprint density at radius 2 is 1.69 bits per heavy atom. The maximum Gasteiger partial charge on any atom is 0.408 e. The lowest BCUT2D eigenvalue weighted by Crippen LogP contribution is -2.52. The van der Waals surface area contributed by atoms with Gasteiger partial charge in [-0.3, -0.25) is 14.4 Å². The highest BCUT2D eigenvalue weighted by Crippen LogP contribution is 2.27. The molecule has 3 aromatic carbocycles. The Balaban J connectivity index is 2.04. The van der Waals surface area contributed by atoms with E-state index in [2.05, 4.69) is 23.8 Å². The number of nitrogens with zero attached hydrogens (tertiary/aromatic N) is 1. The van der Waals surface area contributed by atoms with Crippen LogP contribution in [0.2, 0.25) is 0 Å². The number of alkyl carbamates (subject to hydrolysis) is 1. The lowest BCUT2D eigenvalue weighted by Gasteiger charge is -2.34. The molecule has 220 valence electrons. The minimum Gasteiger partial charge on any atom is -0.444 e. The number of rotatable bonds is 12. The van der Waals surface area contributed by atoms with Crippen molar-refractivity contribution < 1.29 is 23.9 Å². The van der Waals surface area contributed by atoms with Crippen LogP contribution in [0.1, 0.15) is 50.8 Å². The highest BCUT2D eigenvalue weighted by molar-refractivity contribution is 6.00. The zero-order valence-corrected chi connectivity index (χ0v) is 24.3. The van der Waals surface area contributed by atoms with E-state index in [1.807, 2.05) is 42.5 Å². The van der Waals surface area contributed by atoms with Crippen molar-refractivity contribution in [3.8, 4) is 0 Å². The molecule has 0 aliphatic heterocycles. The SMILES string of the molecule is C=CCN(C(=O)C(CCC(N)=O)NC(=O)OC(C)(C)C)C(C(=O)Nc1ccc2ccccc2c1)c1cccc(C=C)c1. The average molecular weight is 571 g/mol. The first-order chi connectivity index (χ1) is 19.9. The van der Waals surface area contributed by atoms with E-state index >= 15 is 0 Å². The highest BCUT2D eigenvalue weighted by atomic mass is 16.6. The largest absolute Gasteiger partial charge is 0.444 e. The summed E-state index contributed by atoms with van der Waals surface area (Å²) in [6.07, 6.45) is 2.03. The molecule has 0 fully saturated rings. The lowest BCUT2D eigenvalue weighted by molar-refractivity contribution is -0.140. The molecule has 0 heterocycles. The molecule has 0 aliphatic rings. The van der Waals surface area contributed by atoms with Gasteiger partial charge in [0.2, 0.25) is 11.8 Å². The molecule has 9 nitrogen and oxygen atoms in total. The molecule has 0 spiro atoms. The Bertz CT molecular complexity index is 1480. The van der Waals surface area contributed by atoms with Crippen LogP contribution in [0.4, 0.5) is 10.5 Å². The molecule has 2 atom stereocenters. The predicted molar refractivity (Wildman–Crippen MR) is 165 cm³/mol. The molecule has 0 saturated heterocycles. The fourth-order valence-electron chi connectivity index (χ4n) is 4.46. The van der Waals surface area contributed by atoms with Crippen molar-refractivity contribution in [3.63, 3.8) is 0 Å². The van der Waals surface area contributed by atoms with E-state index in [9.17, 15) is 19.2 Å². The maximum absolute atomic E-state index is 14.1. The molecule has 0 saturated carbocycles. The van der Waals surface area contributed by atoms with Crippen LogP contribution in [0.25, 0.3) is 16.8 Å². The first-order valence-electron chi connectivity index (χ1n) is 13.6. The molecule has 0 radical (unpaired) electrons. The summed E-state index contributed by atoms with van der Waals surface area (Å²) in [5, 5.41) is 7.46. The number of fused-ring (bicyclic) bond motifs is 1. The summed E-state index contributed by atoms with van der Waals surface area (Å²) < 4.78 is 5.35. The Kier molecular flexibility index (Phi) is 10.6. The normalized spacial score (nSPS) is 12.5. The molecule has 4 amide bonds. The monoisotopic (exact) mass is 570 g/mol. The van der Waals surface area contributed by atoms with Crippen molar-refractivity contribution in [1.82, 2.24) is 10.2 Å². The summed E-state index contributed by atoms with van der Waals surface area (Å²) >= 11 is 0. The maximum atomic E-state index is 14.1. The second kappa shape index (κ2) is 14.1. The minimum absolute atomic E-state index is 0.0317. The van der Waals surface area contributed by atoms with Crippen molar-refractivity contribution in [1.29, 1.82) is 0 Å². The molecule has 0 aliphatic carbocycles. The molecular weight excluding hydrogens is 532 g/mol. The summed E-state index contributed by atoms with van der Waals surface area (Å²) in [4.78, 5) is 53.7. The number of amides is 4. The second-order valence-corrected chi connectivity index (χ2v) is 10.8. The van der Waals surface area contributed by atoms with Crippen LogP contribution in [0.5, 0.6) is 0 Å². The number of nitrogens with two attached hydrogens (primary N) is 1. The van der Waals surface area contributed by atoms with Crippen LogP contribution in [-0.4, -0.2) is 46.9 Å². The summed E-state index contributed by atoms with van der Waals surface area (Å²) in [6.45, 7) is 12.6. The standard InChI is InChI=1S/C33H38N4O5/c1-6-19-37(31(40)27(17-18-28(34)38)36-32(41)42-33(3,4)5)29(25-14-10-11-22(7-2)20-25)30(39)35-26-16-15-23-12-8-9-13-24(23)21-26/h6-16,20-21,27,29H,1-2,17-19H2,3-5H3,(H2,34,38)(H,35,39)(H,36,41). The topological polar surface area (TPSA) is 131 Å². The Morgan fingerprint density at radius 1 is 0.976 bits per heavy atom. The molecule has 0 aromatic heterocycles. The van der Waals surface area contributed by atoms with Gasteiger partial charge < -0.3 is 26.0 Å². The van der Waals surface area contributed by atoms with E-state index in [0.717, 1.165) is 16.3 Å². The van der Waals surface area contributed by atoms with Crippen molar-refractivity contribution in [2.24, 2.45) is 5.73 Å². The Labute approximate surface area is 246 Å². The van der Waals surface area contributed by atoms with Gasteiger partial charge in [-0.2, -0.15) is 0 Å². The number of ether oxygens (including phenoxy) is 1. The third-order valence-electron chi connectivity index (χ3n) is 6.32. The van der Waals surface area contributed by atoms with Crippen LogP contribution < -0.4 is 16.4 Å². The molecule has 9 heteroatoms. The molecule has 2 unspecified atom stereocenters. The van der Waals surface area contributed by atoms with Gasteiger partial charge in [0.15, 0.2) is 0 Å². The van der Waals surface area contributed by atoms with Crippen LogP contribution in [-0.2, 0) is 19.1 Å². The summed E-state index contributed by atoms with van der Waals surface area (Å²) in [5.74, 6) is -1.73. The third-order valence-corrected chi connectivity index (χ3v) is 6.32. The third kappa shape index (κ3) is 8.79. The number of carbonyl (C=O) groups is 4. The number of carbonyl (C=O) groups excluding carboxylic acids is 4. The van der Waals surface area contributed by atoms with Gasteiger partial charge in [0, 0.05) is 18.7 Å². The zero-order chi connectivity index (χ0) is 30.9. The van der Waals surface area contributed by atoms with E-state index < -0.39 is 41.5 Å². The smallest absolute Gasteiger partial charge is 0.408 e. The zero-order valence-electron chi connectivity index (χ0n) is 24.3. The Morgan fingerprint density at radius 3 is 2.33 bits per heavy atom. The minimum atomic E-state index is -1.20.